The summed E-state index contributed by atoms with van der Waals surface area (Å²) in [6, 6.07) is 11.3. The highest BCUT2D eigenvalue weighted by atomic mass is 32.2. The van der Waals surface area contributed by atoms with Gasteiger partial charge in [-0.05, 0) is 30.3 Å². The van der Waals surface area contributed by atoms with E-state index in [2.05, 4.69) is 5.32 Å². The molecule has 2 heterocycles. The normalized spacial score (nSPS) is 14.4. The summed E-state index contributed by atoms with van der Waals surface area (Å²) < 4.78 is 29.3. The van der Waals surface area contributed by atoms with Crippen molar-refractivity contribution in [2.24, 2.45) is 7.05 Å². The fraction of sp³-hybridized carbons (Fsp3) is 0.125. The van der Waals surface area contributed by atoms with E-state index < -0.39 is 15.9 Å². The van der Waals surface area contributed by atoms with Crippen LogP contribution in [0.4, 0.5) is 11.4 Å². The van der Waals surface area contributed by atoms with Gasteiger partial charge in [0.1, 0.15) is 6.54 Å². The van der Waals surface area contributed by atoms with E-state index >= 15 is 0 Å². The van der Waals surface area contributed by atoms with Gasteiger partial charge in [0.15, 0.2) is 0 Å². The van der Waals surface area contributed by atoms with E-state index in [0.717, 1.165) is 15.6 Å². The molecule has 1 aromatic heterocycles. The second kappa shape index (κ2) is 5.43. The van der Waals surface area contributed by atoms with Gasteiger partial charge in [0.05, 0.1) is 26.5 Å². The number of benzene rings is 2. The Morgan fingerprint density at radius 1 is 1.12 bits per heavy atom. The van der Waals surface area contributed by atoms with E-state index in [1.807, 2.05) is 0 Å². The minimum Gasteiger partial charge on any atom is -0.323 e. The summed E-state index contributed by atoms with van der Waals surface area (Å²) in [7, 11) is -2.30. The summed E-state index contributed by atoms with van der Waals surface area (Å²) >= 11 is 0.987. The highest BCUT2D eigenvalue weighted by Gasteiger charge is 2.32. The van der Waals surface area contributed by atoms with Crippen molar-refractivity contribution in [3.8, 4) is 0 Å². The van der Waals surface area contributed by atoms with Gasteiger partial charge in [-0.2, -0.15) is 0 Å². The number of nitrogens with zero attached hydrogens (tertiary/aromatic N) is 2. The Bertz CT molecular complexity index is 1180. The number of anilines is 2. The lowest BCUT2D eigenvalue weighted by Crippen LogP contribution is -2.42. The maximum atomic E-state index is 13.1. The minimum absolute atomic E-state index is 0.0475. The molecule has 4 rings (SSSR count). The van der Waals surface area contributed by atoms with Gasteiger partial charge < -0.3 is 9.88 Å². The monoisotopic (exact) mass is 375 g/mol. The highest BCUT2D eigenvalue weighted by molar-refractivity contribution is 7.93. The number of hydrogen-bond acceptors (Lipinski definition) is 5. The Morgan fingerprint density at radius 3 is 2.68 bits per heavy atom. The smallest absolute Gasteiger partial charge is 0.307 e. The third-order valence-electron chi connectivity index (χ3n) is 4.09. The number of amides is 1. The number of hydrogen-bond donors (Lipinski definition) is 1. The second-order valence-corrected chi connectivity index (χ2v) is 8.49. The van der Waals surface area contributed by atoms with Crippen LogP contribution in [0.5, 0.6) is 0 Å². The van der Waals surface area contributed by atoms with Crippen LogP contribution < -0.4 is 14.5 Å². The van der Waals surface area contributed by atoms with Crippen molar-refractivity contribution in [1.29, 1.82) is 0 Å². The number of aromatic nitrogens is 1. The largest absolute Gasteiger partial charge is 0.323 e. The maximum absolute atomic E-state index is 13.1. The number of thiazole rings is 1. The van der Waals surface area contributed by atoms with E-state index in [9.17, 15) is 18.0 Å². The van der Waals surface area contributed by atoms with Crippen molar-refractivity contribution in [3.05, 3.63) is 52.1 Å². The van der Waals surface area contributed by atoms with Gasteiger partial charge in [-0.3, -0.25) is 13.9 Å². The zero-order valence-corrected chi connectivity index (χ0v) is 14.7. The third-order valence-corrected chi connectivity index (χ3v) is 6.84. The molecule has 0 atom stereocenters. The van der Waals surface area contributed by atoms with Gasteiger partial charge >= 0.3 is 4.87 Å². The molecule has 1 N–H and O–H groups in total. The number of sulfonamides is 1. The molecule has 128 valence electrons. The van der Waals surface area contributed by atoms with Crippen molar-refractivity contribution in [2.45, 2.75) is 4.90 Å². The zero-order chi connectivity index (χ0) is 17.8. The van der Waals surface area contributed by atoms with Gasteiger partial charge in [0.25, 0.3) is 10.0 Å². The first-order chi connectivity index (χ1) is 11.9. The Hall–Kier alpha value is -2.65. The molecule has 0 fully saturated rings. The van der Waals surface area contributed by atoms with Crippen LogP contribution >= 0.6 is 11.3 Å². The van der Waals surface area contributed by atoms with Crippen LogP contribution in [-0.4, -0.2) is 25.4 Å². The topological polar surface area (TPSA) is 88.5 Å². The molecule has 9 heteroatoms. The van der Waals surface area contributed by atoms with Gasteiger partial charge in [-0.15, -0.1) is 0 Å². The maximum Gasteiger partial charge on any atom is 0.307 e. The summed E-state index contributed by atoms with van der Waals surface area (Å²) in [5, 5.41) is 2.67. The Kier molecular flexibility index (Phi) is 3.44. The van der Waals surface area contributed by atoms with Crippen LogP contribution in [-0.2, 0) is 21.9 Å². The Labute approximate surface area is 147 Å². The standard InChI is InChI=1S/C16H13N3O4S2/c1-18-13-7-6-10(8-14(13)24-16(18)21)25(22,23)19-9-15(20)17-11-4-2-3-5-12(11)19/h2-8H,9H2,1H3,(H,17,20). The first-order valence-corrected chi connectivity index (χ1v) is 9.65. The minimum atomic E-state index is -3.94. The molecular formula is C16H13N3O4S2. The van der Waals surface area contributed by atoms with Crippen LogP contribution in [0.2, 0.25) is 0 Å². The van der Waals surface area contributed by atoms with Crippen LogP contribution in [0.15, 0.2) is 52.2 Å². The number of nitrogens with one attached hydrogen (secondary N) is 1. The molecule has 0 spiro atoms. The second-order valence-electron chi connectivity index (χ2n) is 5.63. The van der Waals surface area contributed by atoms with Crippen LogP contribution in [0.1, 0.15) is 0 Å². The molecule has 25 heavy (non-hydrogen) atoms. The van der Waals surface area contributed by atoms with Gasteiger partial charge in [-0.25, -0.2) is 8.42 Å². The molecule has 0 unspecified atom stereocenters. The van der Waals surface area contributed by atoms with Gasteiger partial charge in [0, 0.05) is 7.05 Å². The Balaban J connectivity index is 1.88. The van der Waals surface area contributed by atoms with Crippen molar-refractivity contribution in [1.82, 2.24) is 4.57 Å². The molecule has 3 aromatic rings. The van der Waals surface area contributed by atoms with Gasteiger partial charge in [-0.1, -0.05) is 23.5 Å². The summed E-state index contributed by atoms with van der Waals surface area (Å²) in [4.78, 5) is 23.6. The SMILES string of the molecule is Cn1c(=O)sc2cc(S(=O)(=O)N3CC(=O)Nc4ccccc43)ccc21. The highest BCUT2D eigenvalue weighted by Crippen LogP contribution is 2.34. The molecular weight excluding hydrogens is 362 g/mol. The summed E-state index contributed by atoms with van der Waals surface area (Å²) in [5.41, 5.74) is 1.54. The average molecular weight is 375 g/mol. The number of para-hydroxylation sites is 2. The van der Waals surface area contributed by atoms with Crippen LogP contribution in [0.3, 0.4) is 0 Å². The molecule has 0 radical (unpaired) electrons. The molecule has 0 bridgehead atoms. The van der Waals surface area contributed by atoms with Gasteiger partial charge in [0.2, 0.25) is 5.91 Å². The Morgan fingerprint density at radius 2 is 1.88 bits per heavy atom. The predicted molar refractivity (Wildman–Crippen MR) is 96.7 cm³/mol. The van der Waals surface area contributed by atoms with E-state index in [4.69, 9.17) is 0 Å². The molecule has 1 aliphatic rings. The quantitative estimate of drug-likeness (QED) is 0.739. The molecule has 0 saturated carbocycles. The van der Waals surface area contributed by atoms with E-state index in [1.54, 1.807) is 37.4 Å². The lowest BCUT2D eigenvalue weighted by atomic mass is 10.2. The molecule has 1 aliphatic heterocycles. The summed E-state index contributed by atoms with van der Waals surface area (Å²) in [6.07, 6.45) is 0. The molecule has 1 amide bonds. The third kappa shape index (κ3) is 2.43. The van der Waals surface area contributed by atoms with Crippen molar-refractivity contribution in [3.63, 3.8) is 0 Å². The number of carbonyl (C=O) groups excluding carboxylic acids is 1. The lowest BCUT2D eigenvalue weighted by molar-refractivity contribution is -0.115. The van der Waals surface area contributed by atoms with Crippen LogP contribution in [0.25, 0.3) is 10.2 Å². The molecule has 2 aromatic carbocycles. The summed E-state index contributed by atoms with van der Waals surface area (Å²) in [6.45, 7) is -0.289. The number of rotatable bonds is 2. The average Bonchev–Trinajstić information content (AvgIpc) is 2.88. The number of carbonyl (C=O) groups is 1. The molecule has 0 saturated heterocycles. The van der Waals surface area contributed by atoms with Crippen LogP contribution in [0, 0.1) is 0 Å². The van der Waals surface area contributed by atoms with Crippen molar-refractivity contribution < 1.29 is 13.2 Å². The van der Waals surface area contributed by atoms with E-state index in [-0.39, 0.29) is 16.3 Å². The van der Waals surface area contributed by atoms with E-state index in [0.29, 0.717) is 21.6 Å². The fourth-order valence-electron chi connectivity index (χ4n) is 2.82. The first kappa shape index (κ1) is 15.9. The number of fused-ring (bicyclic) bond motifs is 2. The molecule has 0 aliphatic carbocycles. The fourth-order valence-corrected chi connectivity index (χ4v) is 5.28. The lowest BCUT2D eigenvalue weighted by Gasteiger charge is -2.30. The number of aryl methyl sites for hydroxylation is 1. The van der Waals surface area contributed by atoms with Crippen molar-refractivity contribution >= 4 is 48.9 Å². The summed E-state index contributed by atoms with van der Waals surface area (Å²) in [5.74, 6) is -0.396. The first-order valence-electron chi connectivity index (χ1n) is 7.39. The van der Waals surface area contributed by atoms with Crippen molar-refractivity contribution in [2.75, 3.05) is 16.2 Å². The molecule has 7 nitrogen and oxygen atoms in total. The predicted octanol–water partition coefficient (Wildman–Crippen LogP) is 1.75. The van der Waals surface area contributed by atoms with E-state index in [1.165, 1.54) is 16.7 Å². The zero-order valence-electron chi connectivity index (χ0n) is 13.1.